The van der Waals surface area contributed by atoms with Crippen LogP contribution in [0.4, 0.5) is 5.13 Å². The van der Waals surface area contributed by atoms with Gasteiger partial charge < -0.3 is 9.64 Å². The summed E-state index contributed by atoms with van der Waals surface area (Å²) in [5.41, 5.74) is 0. The largest absolute Gasteiger partial charge is 0.377 e. The van der Waals surface area contributed by atoms with Crippen molar-refractivity contribution in [1.82, 2.24) is 10.2 Å². The fraction of sp³-hybridized carbons (Fsp3) is 0.750. The first kappa shape index (κ1) is 10.1. The normalized spacial score (nSPS) is 22.6. The van der Waals surface area contributed by atoms with Gasteiger partial charge >= 0.3 is 0 Å². The number of ether oxygens (including phenoxy) is 1. The highest BCUT2D eigenvalue weighted by molar-refractivity contribution is 7.73. The molecule has 2 rings (SSSR count). The zero-order valence-corrected chi connectivity index (χ0v) is 9.66. The van der Waals surface area contributed by atoms with Crippen molar-refractivity contribution < 1.29 is 4.74 Å². The molecular formula is C8H13N3OS2. The summed E-state index contributed by atoms with van der Waals surface area (Å²) >= 11 is 6.55. The van der Waals surface area contributed by atoms with Crippen LogP contribution in [0.15, 0.2) is 0 Å². The monoisotopic (exact) mass is 231 g/mol. The summed E-state index contributed by atoms with van der Waals surface area (Å²) in [6.07, 6.45) is 1.08. The summed E-state index contributed by atoms with van der Waals surface area (Å²) in [6.45, 7) is 4.65. The lowest BCUT2D eigenvalue weighted by Crippen LogP contribution is -2.45. The number of hydrogen-bond donors (Lipinski definition) is 1. The minimum atomic E-state index is 0.442. The SMILES string of the molecule is CCC1COCCN1c1n[nH]c(=S)s1. The molecule has 78 valence electrons. The van der Waals surface area contributed by atoms with Crippen LogP contribution in [0.3, 0.4) is 0 Å². The van der Waals surface area contributed by atoms with Gasteiger partial charge in [0.05, 0.1) is 19.3 Å². The molecule has 1 aliphatic rings. The van der Waals surface area contributed by atoms with Crippen LogP contribution in [0.1, 0.15) is 13.3 Å². The van der Waals surface area contributed by atoms with Crippen LogP contribution in [0.5, 0.6) is 0 Å². The smallest absolute Gasteiger partial charge is 0.207 e. The molecule has 0 spiro atoms. The summed E-state index contributed by atoms with van der Waals surface area (Å²) in [5.74, 6) is 0. The molecule has 1 aromatic heterocycles. The molecule has 0 radical (unpaired) electrons. The molecular weight excluding hydrogens is 218 g/mol. The number of aromatic amines is 1. The lowest BCUT2D eigenvalue weighted by atomic mass is 10.2. The number of morpholine rings is 1. The maximum atomic E-state index is 5.43. The van der Waals surface area contributed by atoms with Crippen molar-refractivity contribution in [3.8, 4) is 0 Å². The van der Waals surface area contributed by atoms with E-state index in [1.807, 2.05) is 0 Å². The fourth-order valence-electron chi connectivity index (χ4n) is 1.59. The molecule has 1 unspecified atom stereocenters. The minimum Gasteiger partial charge on any atom is -0.377 e. The Bertz CT molecular complexity index is 348. The molecule has 0 saturated carbocycles. The first-order valence-corrected chi connectivity index (χ1v) is 5.93. The molecule has 0 aromatic carbocycles. The van der Waals surface area contributed by atoms with E-state index in [1.165, 1.54) is 11.3 Å². The van der Waals surface area contributed by atoms with Gasteiger partial charge in [-0.25, -0.2) is 0 Å². The number of aromatic nitrogens is 2. The van der Waals surface area contributed by atoms with E-state index >= 15 is 0 Å². The van der Waals surface area contributed by atoms with Crippen molar-refractivity contribution in [3.05, 3.63) is 3.95 Å². The lowest BCUT2D eigenvalue weighted by Gasteiger charge is -2.34. The summed E-state index contributed by atoms with van der Waals surface area (Å²) in [7, 11) is 0. The van der Waals surface area contributed by atoms with Crippen molar-refractivity contribution in [2.24, 2.45) is 0 Å². The van der Waals surface area contributed by atoms with E-state index in [2.05, 4.69) is 22.0 Å². The van der Waals surface area contributed by atoms with E-state index in [4.69, 9.17) is 17.0 Å². The molecule has 2 heterocycles. The van der Waals surface area contributed by atoms with Crippen LogP contribution in [0.25, 0.3) is 0 Å². The van der Waals surface area contributed by atoms with Gasteiger partial charge in [-0.2, -0.15) is 0 Å². The maximum Gasteiger partial charge on any atom is 0.207 e. The molecule has 4 nitrogen and oxygen atoms in total. The van der Waals surface area contributed by atoms with E-state index in [1.54, 1.807) is 0 Å². The molecule has 1 N–H and O–H groups in total. The molecule has 6 heteroatoms. The van der Waals surface area contributed by atoms with Crippen LogP contribution < -0.4 is 4.90 Å². The van der Waals surface area contributed by atoms with E-state index in [-0.39, 0.29) is 0 Å². The molecule has 1 fully saturated rings. The lowest BCUT2D eigenvalue weighted by molar-refractivity contribution is 0.0929. The summed E-state index contributed by atoms with van der Waals surface area (Å²) < 4.78 is 6.17. The van der Waals surface area contributed by atoms with Gasteiger partial charge in [-0.1, -0.05) is 18.3 Å². The second kappa shape index (κ2) is 4.37. The number of hydrogen-bond acceptors (Lipinski definition) is 5. The van der Waals surface area contributed by atoms with E-state index in [0.29, 0.717) is 6.04 Å². The van der Waals surface area contributed by atoms with Crippen molar-refractivity contribution in [3.63, 3.8) is 0 Å². The van der Waals surface area contributed by atoms with Crippen LogP contribution in [0.2, 0.25) is 0 Å². The Hall–Kier alpha value is -0.460. The Balaban J connectivity index is 2.18. The summed E-state index contributed by atoms with van der Waals surface area (Å²) in [5, 5.41) is 8.00. The van der Waals surface area contributed by atoms with E-state index < -0.39 is 0 Å². The predicted molar refractivity (Wildman–Crippen MR) is 59.5 cm³/mol. The first-order chi connectivity index (χ1) is 6.81. The number of anilines is 1. The molecule has 1 saturated heterocycles. The topological polar surface area (TPSA) is 41.1 Å². The molecule has 1 aromatic rings. The average molecular weight is 231 g/mol. The van der Waals surface area contributed by atoms with Crippen molar-refractivity contribution in [2.45, 2.75) is 19.4 Å². The van der Waals surface area contributed by atoms with Crippen molar-refractivity contribution in [1.29, 1.82) is 0 Å². The highest BCUT2D eigenvalue weighted by atomic mass is 32.1. The number of rotatable bonds is 2. The van der Waals surface area contributed by atoms with Crippen LogP contribution >= 0.6 is 23.6 Å². The maximum absolute atomic E-state index is 5.43. The molecule has 1 aliphatic heterocycles. The average Bonchev–Trinajstić information content (AvgIpc) is 2.65. The van der Waals surface area contributed by atoms with Gasteiger partial charge in [0.25, 0.3) is 0 Å². The second-order valence-corrected chi connectivity index (χ2v) is 4.87. The number of nitrogens with zero attached hydrogens (tertiary/aromatic N) is 2. The number of nitrogens with one attached hydrogen (secondary N) is 1. The van der Waals surface area contributed by atoms with Crippen molar-refractivity contribution >= 4 is 28.7 Å². The van der Waals surface area contributed by atoms with Gasteiger partial charge in [0.2, 0.25) is 5.13 Å². The van der Waals surface area contributed by atoms with Gasteiger partial charge in [-0.15, -0.1) is 5.10 Å². The standard InChI is InChI=1S/C8H13N3OS2/c1-2-6-5-12-4-3-11(6)7-9-10-8(13)14-7/h6H,2-5H2,1H3,(H,10,13). The van der Waals surface area contributed by atoms with Gasteiger partial charge in [0.15, 0.2) is 3.95 Å². The quantitative estimate of drug-likeness (QED) is 0.788. The summed E-state index contributed by atoms with van der Waals surface area (Å²) in [4.78, 5) is 2.28. The second-order valence-electron chi connectivity index (χ2n) is 3.23. The van der Waals surface area contributed by atoms with Gasteiger partial charge in [-0.05, 0) is 18.6 Å². The highest BCUT2D eigenvalue weighted by Crippen LogP contribution is 2.23. The van der Waals surface area contributed by atoms with Crippen LogP contribution in [0, 0.1) is 3.95 Å². The van der Waals surface area contributed by atoms with Crippen LogP contribution in [-0.2, 0) is 4.74 Å². The Kier molecular flexibility index (Phi) is 3.15. The Morgan fingerprint density at radius 2 is 2.64 bits per heavy atom. The fourth-order valence-corrected chi connectivity index (χ4v) is 2.57. The number of H-pyrrole nitrogens is 1. The zero-order chi connectivity index (χ0) is 9.97. The Labute approximate surface area is 91.9 Å². The Morgan fingerprint density at radius 1 is 1.79 bits per heavy atom. The van der Waals surface area contributed by atoms with E-state index in [9.17, 15) is 0 Å². The zero-order valence-electron chi connectivity index (χ0n) is 8.02. The van der Waals surface area contributed by atoms with E-state index in [0.717, 1.165) is 35.3 Å². The molecule has 14 heavy (non-hydrogen) atoms. The molecule has 0 bridgehead atoms. The predicted octanol–water partition coefficient (Wildman–Crippen LogP) is 1.82. The van der Waals surface area contributed by atoms with Crippen molar-refractivity contribution in [2.75, 3.05) is 24.7 Å². The molecule has 0 amide bonds. The third kappa shape index (κ3) is 1.97. The third-order valence-electron chi connectivity index (χ3n) is 2.37. The van der Waals surface area contributed by atoms with Gasteiger partial charge in [0.1, 0.15) is 0 Å². The molecule has 0 aliphatic carbocycles. The highest BCUT2D eigenvalue weighted by Gasteiger charge is 2.23. The van der Waals surface area contributed by atoms with Gasteiger partial charge in [0, 0.05) is 6.54 Å². The third-order valence-corrected chi connectivity index (χ3v) is 3.50. The first-order valence-electron chi connectivity index (χ1n) is 4.71. The molecule has 1 atom stereocenters. The minimum absolute atomic E-state index is 0.442. The summed E-state index contributed by atoms with van der Waals surface area (Å²) in [6, 6.07) is 0.442. The Morgan fingerprint density at radius 3 is 3.29 bits per heavy atom. The van der Waals surface area contributed by atoms with Gasteiger partial charge in [-0.3, -0.25) is 5.10 Å². The van der Waals surface area contributed by atoms with Crippen LogP contribution in [-0.4, -0.2) is 36.0 Å².